The molecule has 0 atom stereocenters. The quantitative estimate of drug-likeness (QED) is 0.733. The van der Waals surface area contributed by atoms with E-state index in [4.69, 9.17) is 5.11 Å². The van der Waals surface area contributed by atoms with Crippen molar-refractivity contribution in [1.82, 2.24) is 4.57 Å². The second-order valence-electron chi connectivity index (χ2n) is 5.02. The molecule has 0 bridgehead atoms. The molecule has 0 unspecified atom stereocenters. The smallest absolute Gasteiger partial charge is 0.327 e. The molecule has 0 saturated carbocycles. The summed E-state index contributed by atoms with van der Waals surface area (Å²) in [6.45, 7) is 3.03. The lowest BCUT2D eigenvalue weighted by Crippen LogP contribution is -1.96. The third kappa shape index (κ3) is 2.31. The number of hydrogen-bond donors (Lipinski definition) is 1. The van der Waals surface area contributed by atoms with Crippen LogP contribution in [0, 0.1) is 0 Å². The first-order chi connectivity index (χ1) is 10.2. The molecule has 0 spiro atoms. The van der Waals surface area contributed by atoms with Gasteiger partial charge < -0.3 is 9.67 Å². The van der Waals surface area contributed by atoms with Gasteiger partial charge >= 0.3 is 5.97 Å². The summed E-state index contributed by atoms with van der Waals surface area (Å²) < 4.78 is 2.30. The van der Waals surface area contributed by atoms with E-state index in [-0.39, 0.29) is 0 Å². The number of nitrogens with zero attached hydrogens (tertiary/aromatic N) is 1. The van der Waals surface area contributed by atoms with Crippen LogP contribution in [0.4, 0.5) is 0 Å². The molecule has 0 amide bonds. The van der Waals surface area contributed by atoms with E-state index in [0.29, 0.717) is 6.42 Å². The van der Waals surface area contributed by atoms with Gasteiger partial charge in [0.1, 0.15) is 0 Å². The highest BCUT2D eigenvalue weighted by molar-refractivity contribution is 6.09. The van der Waals surface area contributed by atoms with Crippen LogP contribution in [-0.2, 0) is 17.8 Å². The zero-order chi connectivity index (χ0) is 14.8. The number of benzene rings is 2. The number of carboxylic acid groups (broad SMARTS) is 1. The topological polar surface area (TPSA) is 42.2 Å². The third-order valence-electron chi connectivity index (χ3n) is 3.79. The Balaban J connectivity index is 2.24. The van der Waals surface area contributed by atoms with E-state index >= 15 is 0 Å². The molecule has 0 radical (unpaired) electrons. The molecule has 1 heterocycles. The van der Waals surface area contributed by atoms with Gasteiger partial charge in [0.05, 0.1) is 5.52 Å². The summed E-state index contributed by atoms with van der Waals surface area (Å²) in [7, 11) is 0. The highest BCUT2D eigenvalue weighted by Gasteiger charge is 2.11. The Bertz CT molecular complexity index is 843. The van der Waals surface area contributed by atoms with Crippen LogP contribution < -0.4 is 0 Å². The van der Waals surface area contributed by atoms with Crippen molar-refractivity contribution in [1.29, 1.82) is 0 Å². The average Bonchev–Trinajstić information content (AvgIpc) is 2.82. The third-order valence-corrected chi connectivity index (χ3v) is 3.79. The Morgan fingerprint density at radius 3 is 2.67 bits per heavy atom. The average molecular weight is 279 g/mol. The van der Waals surface area contributed by atoms with Gasteiger partial charge in [-0.15, -0.1) is 0 Å². The van der Waals surface area contributed by atoms with Crippen LogP contribution in [0.25, 0.3) is 21.8 Å². The van der Waals surface area contributed by atoms with E-state index in [1.165, 1.54) is 27.9 Å². The normalized spacial score (nSPS) is 11.7. The first-order valence-electron chi connectivity index (χ1n) is 7.10. The summed E-state index contributed by atoms with van der Waals surface area (Å²) in [5.74, 6) is -0.904. The standard InChI is InChI=1S/C18H17NO2/c1-2-19-16-11-4-3-9-14(16)15-10-5-7-13(18(15)19)8-6-12-17(20)21/h3-7,9-12H,2,8H2,1H3,(H,20,21)/b12-6+. The molecule has 3 rings (SSSR count). The number of allylic oxidation sites excluding steroid dienone is 1. The van der Waals surface area contributed by atoms with Gasteiger partial charge in [-0.05, 0) is 25.0 Å². The lowest BCUT2D eigenvalue weighted by molar-refractivity contribution is -0.131. The molecule has 106 valence electrons. The molecule has 3 heteroatoms. The first-order valence-corrected chi connectivity index (χ1v) is 7.10. The molecule has 1 aromatic heterocycles. The number of fused-ring (bicyclic) bond motifs is 3. The molecular weight excluding hydrogens is 262 g/mol. The van der Waals surface area contributed by atoms with Crippen LogP contribution in [0.3, 0.4) is 0 Å². The van der Waals surface area contributed by atoms with E-state index in [9.17, 15) is 4.79 Å². The minimum atomic E-state index is -0.904. The highest BCUT2D eigenvalue weighted by Crippen LogP contribution is 2.31. The Kier molecular flexibility index (Phi) is 3.48. The Morgan fingerprint density at radius 2 is 1.90 bits per heavy atom. The Morgan fingerprint density at radius 1 is 1.14 bits per heavy atom. The summed E-state index contributed by atoms with van der Waals surface area (Å²) >= 11 is 0. The van der Waals surface area contributed by atoms with Gasteiger partial charge in [-0.3, -0.25) is 0 Å². The van der Waals surface area contributed by atoms with E-state index in [1.54, 1.807) is 6.08 Å². The van der Waals surface area contributed by atoms with Gasteiger partial charge in [-0.25, -0.2) is 4.79 Å². The Hall–Kier alpha value is -2.55. The van der Waals surface area contributed by atoms with Gasteiger partial charge in [0.2, 0.25) is 0 Å². The zero-order valence-corrected chi connectivity index (χ0v) is 11.9. The van der Waals surface area contributed by atoms with Gasteiger partial charge in [-0.2, -0.15) is 0 Å². The van der Waals surface area contributed by atoms with Crippen LogP contribution in [0.1, 0.15) is 12.5 Å². The summed E-state index contributed by atoms with van der Waals surface area (Å²) in [6.07, 6.45) is 3.53. The summed E-state index contributed by atoms with van der Waals surface area (Å²) in [5.41, 5.74) is 3.59. The fourth-order valence-electron chi connectivity index (χ4n) is 2.96. The number of carboxylic acids is 1. The predicted molar refractivity (Wildman–Crippen MR) is 85.6 cm³/mol. The summed E-state index contributed by atoms with van der Waals surface area (Å²) in [5, 5.41) is 11.2. The molecule has 3 aromatic rings. The van der Waals surface area contributed by atoms with E-state index in [1.807, 2.05) is 6.07 Å². The van der Waals surface area contributed by atoms with Gasteiger partial charge in [0, 0.05) is 28.9 Å². The minimum Gasteiger partial charge on any atom is -0.478 e. The number of hydrogen-bond acceptors (Lipinski definition) is 1. The number of aliphatic carboxylic acids is 1. The number of carbonyl (C=O) groups is 1. The van der Waals surface area contributed by atoms with E-state index in [2.05, 4.69) is 47.9 Å². The molecule has 2 aromatic carbocycles. The van der Waals surface area contributed by atoms with Gasteiger partial charge in [0.15, 0.2) is 0 Å². The van der Waals surface area contributed by atoms with Crippen molar-refractivity contribution in [2.24, 2.45) is 0 Å². The number of para-hydroxylation sites is 2. The van der Waals surface area contributed by atoms with Crippen molar-refractivity contribution in [3.8, 4) is 0 Å². The van der Waals surface area contributed by atoms with E-state index < -0.39 is 5.97 Å². The van der Waals surface area contributed by atoms with Crippen LogP contribution in [0.15, 0.2) is 54.6 Å². The Labute approximate surface area is 123 Å². The van der Waals surface area contributed by atoms with Crippen LogP contribution in [-0.4, -0.2) is 15.6 Å². The van der Waals surface area contributed by atoms with Gasteiger partial charge in [0.25, 0.3) is 0 Å². The number of aromatic nitrogens is 1. The maximum Gasteiger partial charge on any atom is 0.327 e. The van der Waals surface area contributed by atoms with Crippen molar-refractivity contribution < 1.29 is 9.90 Å². The second-order valence-corrected chi connectivity index (χ2v) is 5.02. The second kappa shape index (κ2) is 5.44. The van der Waals surface area contributed by atoms with Crippen molar-refractivity contribution in [2.75, 3.05) is 0 Å². The van der Waals surface area contributed by atoms with E-state index in [0.717, 1.165) is 12.1 Å². The maximum atomic E-state index is 10.6. The molecule has 0 fully saturated rings. The van der Waals surface area contributed by atoms with Crippen LogP contribution in [0.5, 0.6) is 0 Å². The van der Waals surface area contributed by atoms with Crippen molar-refractivity contribution in [2.45, 2.75) is 19.9 Å². The molecule has 1 N–H and O–H groups in total. The molecule has 0 aliphatic heterocycles. The lowest BCUT2D eigenvalue weighted by Gasteiger charge is -2.07. The SMILES string of the molecule is CCn1c2ccccc2c2cccc(C/C=C/C(=O)O)c21. The van der Waals surface area contributed by atoms with Crippen molar-refractivity contribution >= 4 is 27.8 Å². The molecule has 0 aliphatic rings. The minimum absolute atomic E-state index is 0.625. The fourth-order valence-corrected chi connectivity index (χ4v) is 2.96. The zero-order valence-electron chi connectivity index (χ0n) is 11.9. The van der Waals surface area contributed by atoms with Crippen LogP contribution >= 0.6 is 0 Å². The molecule has 21 heavy (non-hydrogen) atoms. The predicted octanol–water partition coefficient (Wildman–Crippen LogP) is 4.00. The maximum absolute atomic E-state index is 10.6. The largest absolute Gasteiger partial charge is 0.478 e. The molecule has 3 nitrogen and oxygen atoms in total. The van der Waals surface area contributed by atoms with Crippen LogP contribution in [0.2, 0.25) is 0 Å². The lowest BCUT2D eigenvalue weighted by atomic mass is 10.1. The summed E-state index contributed by atoms with van der Waals surface area (Å²) in [6, 6.07) is 14.6. The van der Waals surface area contributed by atoms with Crippen molar-refractivity contribution in [3.63, 3.8) is 0 Å². The number of rotatable bonds is 4. The molecular formula is C18H17NO2. The van der Waals surface area contributed by atoms with Crippen molar-refractivity contribution in [3.05, 3.63) is 60.2 Å². The highest BCUT2D eigenvalue weighted by atomic mass is 16.4. The fraction of sp³-hybridized carbons (Fsp3) is 0.167. The molecule has 0 saturated heterocycles. The first kappa shape index (κ1) is 13.4. The molecule has 0 aliphatic carbocycles. The number of aryl methyl sites for hydroxylation is 1. The summed E-state index contributed by atoms with van der Waals surface area (Å²) in [4.78, 5) is 10.6. The monoisotopic (exact) mass is 279 g/mol. The van der Waals surface area contributed by atoms with Gasteiger partial charge in [-0.1, -0.05) is 42.5 Å².